The van der Waals surface area contributed by atoms with E-state index in [1.807, 2.05) is 55.2 Å². The number of hydrogen-bond acceptors (Lipinski definition) is 12. The molecule has 16 heteroatoms. The molecule has 10 nitrogen and oxygen atoms in total. The molecule has 0 aliphatic carbocycles. The predicted octanol–water partition coefficient (Wildman–Crippen LogP) is 5.76. The second-order valence-corrected chi connectivity index (χ2v) is 13.9. The van der Waals surface area contributed by atoms with Gasteiger partial charge in [-0.25, -0.2) is 4.79 Å². The molecule has 3 aromatic heterocycles. The fourth-order valence-corrected chi connectivity index (χ4v) is 8.47. The smallest absolute Gasteiger partial charge is 0.870 e. The van der Waals surface area contributed by atoms with Crippen molar-refractivity contribution in [1.29, 1.82) is 0 Å². The van der Waals surface area contributed by atoms with Crippen molar-refractivity contribution in [3.8, 4) is 0 Å². The summed E-state index contributed by atoms with van der Waals surface area (Å²) in [6, 6.07) is 14.9. The molecule has 3 aliphatic heterocycles. The summed E-state index contributed by atoms with van der Waals surface area (Å²) >= 11 is 5.43. The Hall–Kier alpha value is -0.314. The first-order chi connectivity index (χ1) is 23.0. The number of aliphatic hydroxyl groups is 1. The largest absolute Gasteiger partial charge is 1.00 e. The van der Waals surface area contributed by atoms with Crippen LogP contribution in [0.15, 0.2) is 64.7 Å². The van der Waals surface area contributed by atoms with Crippen LogP contribution < -0.4 is 67.3 Å². The second-order valence-electron chi connectivity index (χ2n) is 11.1. The minimum atomic E-state index is -1.41. The first kappa shape index (κ1) is 63.8. The summed E-state index contributed by atoms with van der Waals surface area (Å²) in [7, 11) is 5.89. The van der Waals surface area contributed by atoms with Gasteiger partial charge in [0.1, 0.15) is 18.3 Å². The monoisotopic (exact) mass is 893 g/mol. The van der Waals surface area contributed by atoms with Gasteiger partial charge in [0.2, 0.25) is 0 Å². The molecule has 0 spiro atoms. The maximum Gasteiger partial charge on any atom is 1.00 e. The quantitative estimate of drug-likeness (QED) is 0.138. The normalized spacial score (nSPS) is 17.1. The maximum absolute atomic E-state index is 10.2. The van der Waals surface area contributed by atoms with Gasteiger partial charge in [0.25, 0.3) is 0 Å². The van der Waals surface area contributed by atoms with E-state index in [4.69, 9.17) is 24.4 Å². The number of carboxylic acid groups (broad SMARTS) is 1. The molecule has 7 rings (SSSR count). The number of carbonyl (C=O) groups is 1. The second kappa shape index (κ2) is 35.6. The number of halogens is 2. The zero-order valence-corrected chi connectivity index (χ0v) is 36.7. The molecule has 0 fully saturated rings. The average Bonchev–Trinajstić information content (AvgIpc) is 3.88. The minimum absolute atomic E-state index is 0. The molecule has 3 aliphatic rings. The fraction of sp³-hybridized carbons (Fsp3) is 0.513. The number of aliphatic carboxylic acids is 1. The van der Waals surface area contributed by atoms with Crippen LogP contribution in [0.5, 0.6) is 0 Å². The number of ether oxygens (including phenoxy) is 3. The van der Waals surface area contributed by atoms with E-state index in [9.17, 15) is 4.79 Å². The van der Waals surface area contributed by atoms with Gasteiger partial charge < -0.3 is 45.9 Å². The van der Waals surface area contributed by atoms with Crippen LogP contribution in [-0.2, 0) is 38.3 Å². The van der Waals surface area contributed by atoms with Gasteiger partial charge >= 0.3 is 57.4 Å². The molecule has 6 N–H and O–H groups in total. The van der Waals surface area contributed by atoms with Crippen molar-refractivity contribution in [1.82, 2.24) is 16.0 Å². The molecule has 312 valence electrons. The van der Waals surface area contributed by atoms with E-state index in [1.165, 1.54) is 31.3 Å². The first-order valence-corrected chi connectivity index (χ1v) is 18.5. The summed E-state index contributed by atoms with van der Waals surface area (Å²) in [5, 5.41) is 33.3. The van der Waals surface area contributed by atoms with E-state index in [-0.39, 0.29) is 111 Å². The number of hydrogen-bond donors (Lipinski definition) is 5. The van der Waals surface area contributed by atoms with Crippen LogP contribution in [0, 0.1) is 0 Å². The van der Waals surface area contributed by atoms with Crippen molar-refractivity contribution in [3.63, 3.8) is 0 Å². The van der Waals surface area contributed by atoms with E-state index in [0.717, 1.165) is 58.7 Å². The molecule has 1 aromatic carbocycles. The Morgan fingerprint density at radius 3 is 1.24 bits per heavy atom. The summed E-state index contributed by atoms with van der Waals surface area (Å²) in [5.41, 5.74) is 4.84. The van der Waals surface area contributed by atoms with Gasteiger partial charge in [0.05, 0.1) is 19.8 Å². The molecule has 0 saturated carbocycles. The summed E-state index contributed by atoms with van der Waals surface area (Å²) in [6.07, 6.45) is 2.71. The predicted molar refractivity (Wildman–Crippen MR) is 234 cm³/mol. The number of benzene rings is 1. The molecule has 0 bridgehead atoms. The van der Waals surface area contributed by atoms with E-state index >= 15 is 0 Å². The Kier molecular flexibility index (Phi) is 41.3. The third kappa shape index (κ3) is 20.0. The minimum Gasteiger partial charge on any atom is -0.870 e. The molecule has 0 unspecified atom stereocenters. The van der Waals surface area contributed by atoms with Crippen LogP contribution >= 0.6 is 58.8 Å². The Bertz CT molecular complexity index is 1350. The zero-order valence-electron chi connectivity index (χ0n) is 29.5. The Labute approximate surface area is 398 Å². The number of fused-ring (bicyclic) bond motifs is 3. The van der Waals surface area contributed by atoms with Crippen molar-refractivity contribution in [2.45, 2.75) is 73.4 Å². The van der Waals surface area contributed by atoms with Crippen LogP contribution in [0.25, 0.3) is 0 Å². The number of rotatable bonds is 8. The topological polar surface area (TPSA) is 151 Å². The van der Waals surface area contributed by atoms with Crippen molar-refractivity contribution in [3.05, 3.63) is 102 Å². The fourth-order valence-electron chi connectivity index (χ4n) is 5.46. The number of aliphatic hydroxyl groups excluding tert-OH is 1. The zero-order chi connectivity index (χ0) is 33.4. The van der Waals surface area contributed by atoms with E-state index in [2.05, 4.69) is 50.3 Å². The molecule has 55 heavy (non-hydrogen) atoms. The first-order valence-electron chi connectivity index (χ1n) is 15.9. The molecular formula is C39H66Cl2KN3O7S3. The van der Waals surface area contributed by atoms with Crippen molar-refractivity contribution >= 4 is 64.8 Å². The van der Waals surface area contributed by atoms with Crippen LogP contribution in [0.4, 0.5) is 0 Å². The van der Waals surface area contributed by atoms with Gasteiger partial charge in [-0.15, -0.1) is 58.8 Å². The molecular weight excluding hydrogens is 829 g/mol. The van der Waals surface area contributed by atoms with Gasteiger partial charge in [-0.2, -0.15) is 0 Å². The Morgan fingerprint density at radius 2 is 0.964 bits per heavy atom. The third-order valence-corrected chi connectivity index (χ3v) is 11.0. The summed E-state index contributed by atoms with van der Waals surface area (Å²) < 4.78 is 17.0. The maximum atomic E-state index is 10.2. The van der Waals surface area contributed by atoms with Gasteiger partial charge in [0.15, 0.2) is 6.10 Å². The summed E-state index contributed by atoms with van der Waals surface area (Å²) in [6.45, 7) is 5.39. The summed E-state index contributed by atoms with van der Waals surface area (Å²) in [5.74, 6) is -1.23. The number of thiophene rings is 3. The SMILES string of the molecule is C.C.C.C.CNC[C@@H]1OCCc2ccsc21.CNC[C@@H]1OCCc2ccsc21.CNC[C@@H]1OCCc2ccsc21.Cl.Cl.O=C(O)[C@H](O)c1ccccc1.[K+].[OH-]. The number of likely N-dealkylation sites (N-methyl/N-ethyl adjacent to an activating group) is 3. The van der Waals surface area contributed by atoms with Crippen LogP contribution in [0.3, 0.4) is 0 Å². The van der Waals surface area contributed by atoms with Gasteiger partial charge in [-0.1, -0.05) is 60.0 Å². The van der Waals surface area contributed by atoms with E-state index in [1.54, 1.807) is 30.3 Å². The van der Waals surface area contributed by atoms with E-state index < -0.39 is 12.1 Å². The van der Waals surface area contributed by atoms with Crippen molar-refractivity contribution < 1.29 is 86.1 Å². The van der Waals surface area contributed by atoms with E-state index in [0.29, 0.717) is 23.9 Å². The molecule has 0 radical (unpaired) electrons. The Balaban J connectivity index is -0.000000193. The molecule has 4 aromatic rings. The standard InChI is InChI=1S/3C9H13NOS.C8H8O3.4CH4.2ClH.K.H2O/c3*1-10-6-8-9-7(2-4-11-8)3-5-12-9;9-7(8(10)11)6-4-2-1-3-5-6;;;;;;;;/h3*3,5,8,10H,2,4,6H2,1H3;1-5,7,9H,(H,10,11);4*1H4;2*1H;;1H2/q;;;;;;;;;;+1;/p-1/t3*8-;7-;;;;;;;;/m0001......../s1. The number of carboxylic acids is 1. The van der Waals surface area contributed by atoms with Crippen LogP contribution in [-0.4, -0.2) is 82.3 Å². The van der Waals surface area contributed by atoms with Crippen molar-refractivity contribution in [2.24, 2.45) is 0 Å². The third-order valence-electron chi connectivity index (χ3n) is 7.81. The van der Waals surface area contributed by atoms with Gasteiger partial charge in [-0.3, -0.25) is 0 Å². The molecule has 6 heterocycles. The average molecular weight is 895 g/mol. The number of nitrogens with one attached hydrogen (secondary N) is 3. The van der Waals surface area contributed by atoms with Gasteiger partial charge in [0, 0.05) is 34.3 Å². The van der Waals surface area contributed by atoms with Crippen LogP contribution in [0.2, 0.25) is 0 Å². The Morgan fingerprint density at radius 1 is 0.655 bits per heavy atom. The van der Waals surface area contributed by atoms with Gasteiger partial charge in [-0.05, 0) is 97.0 Å². The molecule has 4 atom stereocenters. The van der Waals surface area contributed by atoms with Crippen LogP contribution in [0.1, 0.15) is 91.0 Å². The summed E-state index contributed by atoms with van der Waals surface area (Å²) in [4.78, 5) is 14.5. The molecule has 0 saturated heterocycles. The molecule has 0 amide bonds. The van der Waals surface area contributed by atoms with Crippen molar-refractivity contribution in [2.75, 3.05) is 60.6 Å².